The summed E-state index contributed by atoms with van der Waals surface area (Å²) in [4.78, 5) is 23.2. The van der Waals surface area contributed by atoms with E-state index >= 15 is 0 Å². The molecule has 7 heteroatoms. The summed E-state index contributed by atoms with van der Waals surface area (Å²) >= 11 is 0. The second kappa shape index (κ2) is 7.64. The lowest BCUT2D eigenvalue weighted by molar-refractivity contribution is -0.145. The Balaban J connectivity index is 2.03. The van der Waals surface area contributed by atoms with Gasteiger partial charge in [-0.3, -0.25) is 4.79 Å². The number of hydrogen-bond donors (Lipinski definition) is 2. The quantitative estimate of drug-likeness (QED) is 0.639. The molecule has 1 unspecified atom stereocenters. The molecule has 0 radical (unpaired) electrons. The van der Waals surface area contributed by atoms with Crippen LogP contribution in [0.3, 0.4) is 0 Å². The number of carboxylic acid groups (broad SMARTS) is 2. The molecule has 3 rings (SSSR count). The van der Waals surface area contributed by atoms with E-state index in [2.05, 4.69) is 0 Å². The number of ether oxygens (including phenoxy) is 1. The van der Waals surface area contributed by atoms with Gasteiger partial charge >= 0.3 is 11.9 Å². The molecule has 0 bridgehead atoms. The molecule has 154 valence electrons. The first kappa shape index (κ1) is 21.1. The largest absolute Gasteiger partial charge is 0.481 e. The highest BCUT2D eigenvalue weighted by atomic mass is 19.1. The first-order valence-corrected chi connectivity index (χ1v) is 9.22. The van der Waals surface area contributed by atoms with Crippen molar-refractivity contribution in [1.82, 2.24) is 0 Å². The van der Waals surface area contributed by atoms with Gasteiger partial charge in [0.1, 0.15) is 16.9 Å². The van der Waals surface area contributed by atoms with Gasteiger partial charge in [-0.2, -0.15) is 9.65 Å². The van der Waals surface area contributed by atoms with Gasteiger partial charge in [-0.15, -0.1) is 0 Å². The van der Waals surface area contributed by atoms with Crippen LogP contribution in [0.1, 0.15) is 25.3 Å². The summed E-state index contributed by atoms with van der Waals surface area (Å²) in [6, 6.07) is 17.5. The first-order valence-electron chi connectivity index (χ1n) is 9.22. The average molecular weight is 409 g/mol. The number of benzene rings is 2. The minimum Gasteiger partial charge on any atom is -0.481 e. The second-order valence-corrected chi connectivity index (χ2v) is 7.74. The highest BCUT2D eigenvalue weighted by Gasteiger charge is 2.78. The normalized spacial score (nSPS) is 23.1. The van der Waals surface area contributed by atoms with Crippen molar-refractivity contribution in [2.45, 2.75) is 19.8 Å². The van der Waals surface area contributed by atoms with Crippen LogP contribution in [0.2, 0.25) is 0 Å². The molecule has 6 nitrogen and oxygen atoms in total. The molecule has 0 amide bonds. The standard InChI is InChI=1S/C23H20FNO5/c1-22(2)19(12-18(24)20(26)27)23(22,21(28)29)17(13-25)14-7-6-10-16(11-14)30-15-8-4-3-5-9-15/h3-12,17,19H,1-2H3,(H,26,27)(H,28,29)/t17?,19-,23+/m0/s1. The smallest absolute Gasteiger partial charge is 0.364 e. The molecule has 1 aliphatic carbocycles. The molecule has 0 spiro atoms. The van der Waals surface area contributed by atoms with Gasteiger partial charge in [0.25, 0.3) is 0 Å². The van der Waals surface area contributed by atoms with Crippen molar-refractivity contribution in [3.05, 3.63) is 72.1 Å². The number of nitriles is 1. The minimum atomic E-state index is -1.77. The fourth-order valence-corrected chi connectivity index (χ4v) is 4.30. The van der Waals surface area contributed by atoms with Crippen LogP contribution in [0.25, 0.3) is 0 Å². The van der Waals surface area contributed by atoms with Crippen LogP contribution in [0.4, 0.5) is 4.39 Å². The number of nitrogens with zero attached hydrogens (tertiary/aromatic N) is 1. The molecule has 0 aromatic heterocycles. The zero-order valence-electron chi connectivity index (χ0n) is 16.4. The van der Waals surface area contributed by atoms with E-state index in [1.165, 1.54) is 0 Å². The van der Waals surface area contributed by atoms with Gasteiger partial charge in [0.05, 0.1) is 12.0 Å². The van der Waals surface area contributed by atoms with Gasteiger partial charge in [-0.25, -0.2) is 4.79 Å². The number of hydrogen-bond acceptors (Lipinski definition) is 4. The third-order valence-corrected chi connectivity index (χ3v) is 5.88. The van der Waals surface area contributed by atoms with Crippen LogP contribution in [-0.4, -0.2) is 22.2 Å². The van der Waals surface area contributed by atoms with E-state index in [4.69, 9.17) is 9.84 Å². The van der Waals surface area contributed by atoms with Gasteiger partial charge < -0.3 is 14.9 Å². The number of aliphatic carboxylic acids is 2. The summed E-state index contributed by atoms with van der Waals surface area (Å²) in [6.45, 7) is 3.18. The highest BCUT2D eigenvalue weighted by Crippen LogP contribution is 2.75. The van der Waals surface area contributed by atoms with Gasteiger partial charge in [0.15, 0.2) is 0 Å². The summed E-state index contributed by atoms with van der Waals surface area (Å²) < 4.78 is 19.6. The van der Waals surface area contributed by atoms with E-state index in [9.17, 15) is 24.3 Å². The number of halogens is 1. The maximum Gasteiger partial charge on any atom is 0.364 e. The zero-order chi connectivity index (χ0) is 22.1. The molecule has 0 heterocycles. The van der Waals surface area contributed by atoms with Crippen LogP contribution >= 0.6 is 0 Å². The summed E-state index contributed by atoms with van der Waals surface area (Å²) in [5.41, 5.74) is -2.32. The lowest BCUT2D eigenvalue weighted by atomic mass is 9.78. The SMILES string of the molecule is CC1(C)[C@H](C=C(F)C(=O)O)[C@@]1(C(=O)O)C(C#N)c1cccc(Oc2ccccc2)c1. The number of rotatable bonds is 7. The lowest BCUT2D eigenvalue weighted by Crippen LogP contribution is -2.28. The van der Waals surface area contributed by atoms with Gasteiger partial charge in [0, 0.05) is 5.92 Å². The van der Waals surface area contributed by atoms with E-state index in [1.54, 1.807) is 62.4 Å². The summed E-state index contributed by atoms with van der Waals surface area (Å²) in [6.07, 6.45) is 0.797. The monoisotopic (exact) mass is 409 g/mol. The molecule has 0 saturated heterocycles. The fraction of sp³-hybridized carbons (Fsp3) is 0.261. The van der Waals surface area contributed by atoms with Gasteiger partial charge in [-0.1, -0.05) is 44.2 Å². The Morgan fingerprint density at radius 1 is 1.13 bits per heavy atom. The van der Waals surface area contributed by atoms with E-state index in [1.807, 2.05) is 12.1 Å². The molecule has 3 atom stereocenters. The Labute approximate surface area is 172 Å². The average Bonchev–Trinajstić information content (AvgIpc) is 3.19. The van der Waals surface area contributed by atoms with Crippen molar-refractivity contribution >= 4 is 11.9 Å². The van der Waals surface area contributed by atoms with Crippen molar-refractivity contribution < 1.29 is 28.9 Å². The second-order valence-electron chi connectivity index (χ2n) is 7.74. The third-order valence-electron chi connectivity index (χ3n) is 5.88. The molecule has 1 fully saturated rings. The number of para-hydroxylation sites is 1. The molecule has 2 aromatic rings. The number of carboxylic acids is 2. The van der Waals surface area contributed by atoms with Gasteiger partial charge in [-0.05, 0) is 41.3 Å². The van der Waals surface area contributed by atoms with Crippen LogP contribution in [-0.2, 0) is 9.59 Å². The van der Waals surface area contributed by atoms with Crippen molar-refractivity contribution in [2.24, 2.45) is 16.7 Å². The Bertz CT molecular complexity index is 1060. The lowest BCUT2D eigenvalue weighted by Gasteiger charge is -2.22. The minimum absolute atomic E-state index is 0.396. The summed E-state index contributed by atoms with van der Waals surface area (Å²) in [5.74, 6) is -5.62. The van der Waals surface area contributed by atoms with E-state index in [0.717, 1.165) is 6.08 Å². The van der Waals surface area contributed by atoms with E-state index < -0.39 is 40.4 Å². The van der Waals surface area contributed by atoms with Crippen LogP contribution in [0.5, 0.6) is 11.5 Å². The topological polar surface area (TPSA) is 108 Å². The molecular formula is C23H20FNO5. The molecule has 2 N–H and O–H groups in total. The van der Waals surface area contributed by atoms with Crippen molar-refractivity contribution in [2.75, 3.05) is 0 Å². The van der Waals surface area contributed by atoms with E-state index in [-0.39, 0.29) is 0 Å². The molecular weight excluding hydrogens is 389 g/mol. The Morgan fingerprint density at radius 2 is 1.77 bits per heavy atom. The number of allylic oxidation sites excluding steroid dienone is 1. The fourth-order valence-electron chi connectivity index (χ4n) is 4.30. The van der Waals surface area contributed by atoms with Crippen molar-refractivity contribution in [3.63, 3.8) is 0 Å². The van der Waals surface area contributed by atoms with Gasteiger partial charge in [0.2, 0.25) is 5.83 Å². The van der Waals surface area contributed by atoms with Crippen LogP contribution < -0.4 is 4.74 Å². The maximum absolute atomic E-state index is 13.8. The number of carbonyl (C=O) groups is 2. The van der Waals surface area contributed by atoms with Crippen LogP contribution in [0, 0.1) is 28.1 Å². The summed E-state index contributed by atoms with van der Waals surface area (Å²) in [5, 5.41) is 28.8. The molecule has 0 aliphatic heterocycles. The summed E-state index contributed by atoms with van der Waals surface area (Å²) in [7, 11) is 0. The molecule has 1 saturated carbocycles. The molecule has 30 heavy (non-hydrogen) atoms. The third kappa shape index (κ3) is 3.30. The van der Waals surface area contributed by atoms with Crippen molar-refractivity contribution in [1.29, 1.82) is 5.26 Å². The Morgan fingerprint density at radius 3 is 2.33 bits per heavy atom. The first-order chi connectivity index (χ1) is 14.2. The molecule has 2 aromatic carbocycles. The Kier molecular flexibility index (Phi) is 5.36. The zero-order valence-corrected chi connectivity index (χ0v) is 16.4. The van der Waals surface area contributed by atoms with Crippen LogP contribution in [0.15, 0.2) is 66.5 Å². The Hall–Kier alpha value is -3.66. The molecule has 1 aliphatic rings. The maximum atomic E-state index is 13.8. The predicted octanol–water partition coefficient (Wildman–Crippen LogP) is 4.75. The highest BCUT2D eigenvalue weighted by molar-refractivity contribution is 5.87. The van der Waals surface area contributed by atoms with E-state index in [0.29, 0.717) is 17.1 Å². The predicted molar refractivity (Wildman–Crippen MR) is 105 cm³/mol. The van der Waals surface area contributed by atoms with Crippen molar-refractivity contribution in [3.8, 4) is 17.6 Å².